The van der Waals surface area contributed by atoms with Crippen molar-refractivity contribution >= 4 is 29.4 Å². The van der Waals surface area contributed by atoms with Crippen molar-refractivity contribution in [2.45, 2.75) is 13.0 Å². The van der Waals surface area contributed by atoms with E-state index in [1.807, 2.05) is 0 Å². The van der Waals surface area contributed by atoms with Crippen LogP contribution in [-0.4, -0.2) is 23.1 Å². The van der Waals surface area contributed by atoms with Gasteiger partial charge in [-0.25, -0.2) is 14.6 Å². The number of allylic oxidation sites excluding steroid dienone is 1. The fourth-order valence-electron chi connectivity index (χ4n) is 3.88. The Morgan fingerprint density at radius 3 is 2.54 bits per heavy atom. The topological polar surface area (TPSA) is 113 Å². The number of fused-ring (bicyclic) bond motifs is 1. The summed E-state index contributed by atoms with van der Waals surface area (Å²) in [6.45, 7) is 5.29. The zero-order chi connectivity index (χ0) is 25.9. The first-order valence-corrected chi connectivity index (χ1v) is 12.0. The van der Waals surface area contributed by atoms with Gasteiger partial charge in [-0.05, 0) is 48.9 Å². The molecule has 5 rings (SSSR count). The minimum absolute atomic E-state index is 0.00686. The summed E-state index contributed by atoms with van der Waals surface area (Å²) < 4.78 is 23.0. The summed E-state index contributed by atoms with van der Waals surface area (Å²) in [6.07, 6.45) is 5.99. The summed E-state index contributed by atoms with van der Waals surface area (Å²) in [6, 6.07) is 12.3. The molecule has 10 heteroatoms. The Hall–Kier alpha value is -4.70. The van der Waals surface area contributed by atoms with Crippen LogP contribution in [0.3, 0.4) is 0 Å². The molecule has 186 valence electrons. The number of aromatic nitrogens is 1. The van der Waals surface area contributed by atoms with E-state index in [-0.39, 0.29) is 29.2 Å². The van der Waals surface area contributed by atoms with E-state index in [9.17, 15) is 14.4 Å². The van der Waals surface area contributed by atoms with Crippen LogP contribution >= 0.6 is 11.3 Å². The lowest BCUT2D eigenvalue weighted by Crippen LogP contribution is -2.39. The quantitative estimate of drug-likeness (QED) is 0.210. The van der Waals surface area contributed by atoms with Gasteiger partial charge in [-0.2, -0.15) is 0 Å². The lowest BCUT2D eigenvalue weighted by molar-refractivity contribution is -0.138. The second kappa shape index (κ2) is 10.1. The fraction of sp³-hybridized carbons (Fsp3) is 0.111. The highest BCUT2D eigenvalue weighted by atomic mass is 32.1. The Labute approximate surface area is 213 Å². The van der Waals surface area contributed by atoms with Gasteiger partial charge >= 0.3 is 11.9 Å². The number of nitrogens with zero attached hydrogens (tertiary/aromatic N) is 2. The number of ether oxygens (including phenoxy) is 2. The third-order valence-electron chi connectivity index (χ3n) is 5.52. The molecular weight excluding hydrogens is 496 g/mol. The molecule has 0 N–H and O–H groups in total. The number of carbonyl (C=O) groups excluding carboxylic acids is 2. The average Bonchev–Trinajstić information content (AvgIpc) is 3.66. The van der Waals surface area contributed by atoms with Gasteiger partial charge in [0.2, 0.25) is 5.76 Å². The molecule has 0 saturated heterocycles. The van der Waals surface area contributed by atoms with Crippen LogP contribution in [0.25, 0.3) is 6.08 Å². The summed E-state index contributed by atoms with van der Waals surface area (Å²) in [5, 5.41) is 0. The SMILES string of the molecule is C=CCOC(=O)C1=C(C)N=c2sc(=Cc3ccco3)c(=O)n2C1c1ccc(OC(=O)c2ccco2)cc1. The van der Waals surface area contributed by atoms with E-state index in [2.05, 4.69) is 11.6 Å². The molecular formula is C27H20N2O7S. The predicted octanol–water partition coefficient (Wildman–Crippen LogP) is 3.37. The van der Waals surface area contributed by atoms with Crippen molar-refractivity contribution in [1.82, 2.24) is 4.57 Å². The van der Waals surface area contributed by atoms with Crippen LogP contribution in [0, 0.1) is 0 Å². The van der Waals surface area contributed by atoms with Crippen molar-refractivity contribution in [2.75, 3.05) is 6.61 Å². The van der Waals surface area contributed by atoms with Crippen LogP contribution in [0.4, 0.5) is 0 Å². The zero-order valence-electron chi connectivity index (χ0n) is 19.6. The monoisotopic (exact) mass is 516 g/mol. The van der Waals surface area contributed by atoms with Crippen LogP contribution in [-0.2, 0) is 9.53 Å². The number of benzene rings is 1. The van der Waals surface area contributed by atoms with Gasteiger partial charge in [0.05, 0.1) is 34.4 Å². The largest absolute Gasteiger partial charge is 0.465 e. The van der Waals surface area contributed by atoms with Crippen LogP contribution in [0.2, 0.25) is 0 Å². The molecule has 37 heavy (non-hydrogen) atoms. The summed E-state index contributed by atoms with van der Waals surface area (Å²) >= 11 is 1.19. The molecule has 0 fully saturated rings. The van der Waals surface area contributed by atoms with Crippen molar-refractivity contribution in [3.05, 3.63) is 122 Å². The van der Waals surface area contributed by atoms with Gasteiger partial charge in [0.15, 0.2) is 4.80 Å². The second-order valence-electron chi connectivity index (χ2n) is 7.92. The van der Waals surface area contributed by atoms with Crippen LogP contribution in [0.5, 0.6) is 5.75 Å². The third-order valence-corrected chi connectivity index (χ3v) is 6.50. The van der Waals surface area contributed by atoms with Crippen molar-refractivity contribution in [3.63, 3.8) is 0 Å². The molecule has 1 atom stereocenters. The Kier molecular flexibility index (Phi) is 6.57. The number of rotatable bonds is 7. The average molecular weight is 517 g/mol. The van der Waals surface area contributed by atoms with E-state index in [1.165, 1.54) is 40.6 Å². The van der Waals surface area contributed by atoms with E-state index in [0.29, 0.717) is 26.4 Å². The molecule has 4 aromatic rings. The minimum atomic E-state index is -0.817. The Morgan fingerprint density at radius 1 is 1.11 bits per heavy atom. The number of carbonyl (C=O) groups is 2. The molecule has 1 aliphatic rings. The molecule has 0 saturated carbocycles. The highest BCUT2D eigenvalue weighted by molar-refractivity contribution is 7.07. The second-order valence-corrected chi connectivity index (χ2v) is 8.93. The van der Waals surface area contributed by atoms with Gasteiger partial charge < -0.3 is 18.3 Å². The molecule has 1 unspecified atom stereocenters. The van der Waals surface area contributed by atoms with Crippen LogP contribution in [0.15, 0.2) is 104 Å². The van der Waals surface area contributed by atoms with Gasteiger partial charge in [-0.1, -0.05) is 36.1 Å². The zero-order valence-corrected chi connectivity index (χ0v) is 20.4. The third kappa shape index (κ3) is 4.74. The number of thiazole rings is 1. The Balaban J connectivity index is 1.58. The van der Waals surface area contributed by atoms with E-state index in [1.54, 1.807) is 55.5 Å². The summed E-state index contributed by atoms with van der Waals surface area (Å²) in [5.74, 6) is -0.399. The maximum atomic E-state index is 13.5. The van der Waals surface area contributed by atoms with Gasteiger partial charge in [-0.15, -0.1) is 0 Å². The van der Waals surface area contributed by atoms with Crippen molar-refractivity contribution in [1.29, 1.82) is 0 Å². The molecule has 1 aliphatic heterocycles. The highest BCUT2D eigenvalue weighted by Gasteiger charge is 2.33. The van der Waals surface area contributed by atoms with Gasteiger partial charge in [0.25, 0.3) is 5.56 Å². The number of esters is 2. The van der Waals surface area contributed by atoms with Gasteiger partial charge in [0, 0.05) is 6.08 Å². The van der Waals surface area contributed by atoms with Crippen LogP contribution in [0.1, 0.15) is 34.8 Å². The van der Waals surface area contributed by atoms with Gasteiger partial charge in [0.1, 0.15) is 18.1 Å². The standard InChI is InChI=1S/C27H20N2O7S/c1-3-12-35-26(32)22-16(2)28-27-29(24(30)21(37-27)15-19-6-4-13-33-19)23(22)17-8-10-18(11-9-17)36-25(31)20-7-5-14-34-20/h3-11,13-15,23H,1,12H2,2H3. The molecule has 0 radical (unpaired) electrons. The summed E-state index contributed by atoms with van der Waals surface area (Å²) in [4.78, 5) is 43.8. The maximum absolute atomic E-state index is 13.5. The lowest BCUT2D eigenvalue weighted by atomic mass is 9.96. The van der Waals surface area contributed by atoms with Crippen molar-refractivity contribution < 1.29 is 27.9 Å². The van der Waals surface area contributed by atoms with E-state index < -0.39 is 18.0 Å². The Morgan fingerprint density at radius 2 is 1.86 bits per heavy atom. The van der Waals surface area contributed by atoms with E-state index >= 15 is 0 Å². The maximum Gasteiger partial charge on any atom is 0.379 e. The molecule has 9 nitrogen and oxygen atoms in total. The van der Waals surface area contributed by atoms with E-state index in [4.69, 9.17) is 18.3 Å². The highest BCUT2D eigenvalue weighted by Crippen LogP contribution is 2.31. The first-order valence-electron chi connectivity index (χ1n) is 11.2. The first-order chi connectivity index (χ1) is 18.0. The number of hydrogen-bond donors (Lipinski definition) is 0. The molecule has 0 spiro atoms. The van der Waals surface area contributed by atoms with E-state index in [0.717, 1.165) is 0 Å². The van der Waals surface area contributed by atoms with Crippen molar-refractivity contribution in [2.24, 2.45) is 4.99 Å². The number of hydrogen-bond acceptors (Lipinski definition) is 9. The number of furan rings is 2. The smallest absolute Gasteiger partial charge is 0.379 e. The molecule has 4 heterocycles. The van der Waals surface area contributed by atoms with Crippen LogP contribution < -0.4 is 19.6 Å². The van der Waals surface area contributed by atoms with Gasteiger partial charge in [-0.3, -0.25) is 9.36 Å². The Bertz CT molecular complexity index is 1670. The first kappa shape index (κ1) is 24.0. The molecule has 1 aromatic carbocycles. The molecule has 0 aliphatic carbocycles. The predicted molar refractivity (Wildman–Crippen MR) is 134 cm³/mol. The fourth-order valence-corrected chi connectivity index (χ4v) is 4.91. The molecule has 3 aromatic heterocycles. The van der Waals surface area contributed by atoms with Crippen molar-refractivity contribution in [3.8, 4) is 5.75 Å². The lowest BCUT2D eigenvalue weighted by Gasteiger charge is -2.24. The molecule has 0 amide bonds. The normalized spacial score (nSPS) is 15.2. The summed E-state index contributed by atoms with van der Waals surface area (Å²) in [7, 11) is 0. The summed E-state index contributed by atoms with van der Waals surface area (Å²) in [5.41, 5.74) is 0.917. The minimum Gasteiger partial charge on any atom is -0.465 e. The molecule has 0 bridgehead atoms.